The molecule has 0 radical (unpaired) electrons. The number of aliphatic hydroxyl groups excluding tert-OH is 1. The zero-order valence-corrected chi connectivity index (χ0v) is 31.3. The molecule has 9 nitrogen and oxygen atoms in total. The highest BCUT2D eigenvalue weighted by atomic mass is 16.7. The van der Waals surface area contributed by atoms with Crippen LogP contribution in [-0.4, -0.2) is 102 Å². The first-order valence-electron chi connectivity index (χ1n) is 19.9. The zero-order valence-electron chi connectivity index (χ0n) is 31.3. The Morgan fingerprint density at radius 2 is 1.73 bits per heavy atom. The second kappa shape index (κ2) is 11.6. The Morgan fingerprint density at radius 1 is 1.02 bits per heavy atom. The van der Waals surface area contributed by atoms with E-state index in [9.17, 15) is 19.8 Å². The Hall–Kier alpha value is -1.26. The van der Waals surface area contributed by atoms with E-state index >= 15 is 0 Å². The number of ether oxygens (including phenoxy) is 3. The minimum atomic E-state index is -0.816. The van der Waals surface area contributed by atoms with Crippen molar-refractivity contribution in [1.82, 2.24) is 9.80 Å². The van der Waals surface area contributed by atoms with Crippen LogP contribution < -0.4 is 0 Å². The zero-order chi connectivity index (χ0) is 34.9. The van der Waals surface area contributed by atoms with Gasteiger partial charge in [-0.1, -0.05) is 34.6 Å². The number of rotatable bonds is 8. The minimum Gasteiger partial charge on any atom is -0.480 e. The van der Waals surface area contributed by atoms with Crippen molar-refractivity contribution < 1.29 is 34.0 Å². The highest BCUT2D eigenvalue weighted by molar-refractivity contribution is 5.76. The predicted molar refractivity (Wildman–Crippen MR) is 184 cm³/mol. The second-order valence-electron chi connectivity index (χ2n) is 19.5. The molecule has 8 fully saturated rings. The highest BCUT2D eigenvalue weighted by Crippen LogP contribution is 2.89. The molecule has 0 aromatic heterocycles. The van der Waals surface area contributed by atoms with Crippen molar-refractivity contribution in [3.05, 3.63) is 0 Å². The maximum absolute atomic E-state index is 12.9. The van der Waals surface area contributed by atoms with E-state index < -0.39 is 18.1 Å². The molecule has 9 heteroatoms. The van der Waals surface area contributed by atoms with Crippen molar-refractivity contribution in [2.45, 2.75) is 149 Å². The summed E-state index contributed by atoms with van der Waals surface area (Å²) in [6.45, 7) is 16.3. The van der Waals surface area contributed by atoms with Gasteiger partial charge >= 0.3 is 5.97 Å². The van der Waals surface area contributed by atoms with Crippen molar-refractivity contribution in [3.8, 4) is 0 Å². The third-order valence-electron chi connectivity index (χ3n) is 17.2. The van der Waals surface area contributed by atoms with Gasteiger partial charge in [0, 0.05) is 24.9 Å². The van der Waals surface area contributed by atoms with Crippen LogP contribution in [0.3, 0.4) is 0 Å². The molecule has 2 aliphatic heterocycles. The Kier molecular flexibility index (Phi) is 8.25. The van der Waals surface area contributed by atoms with Gasteiger partial charge in [-0.05, 0) is 129 Å². The fourth-order valence-corrected chi connectivity index (χ4v) is 14.2. The number of fused-ring (bicyclic) bond motifs is 4. The molecule has 2 spiro atoms. The van der Waals surface area contributed by atoms with E-state index in [1.165, 1.54) is 38.5 Å². The lowest BCUT2D eigenvalue weighted by atomic mass is 9.41. The number of carbonyl (C=O) groups is 2. The molecule has 276 valence electrons. The molecule has 2 heterocycles. The van der Waals surface area contributed by atoms with Crippen molar-refractivity contribution in [2.75, 3.05) is 33.3 Å². The summed E-state index contributed by atoms with van der Waals surface area (Å²) in [6.07, 6.45) is 11.1. The van der Waals surface area contributed by atoms with Gasteiger partial charge in [0.25, 0.3) is 0 Å². The van der Waals surface area contributed by atoms with Crippen LogP contribution >= 0.6 is 0 Å². The van der Waals surface area contributed by atoms with Gasteiger partial charge in [0.1, 0.15) is 6.04 Å². The number of nitrogens with zero attached hydrogens (tertiary/aromatic N) is 2. The summed E-state index contributed by atoms with van der Waals surface area (Å²) in [5.41, 5.74) is 0.368. The monoisotopic (exact) mass is 684 g/mol. The molecule has 0 aromatic rings. The molecular weight excluding hydrogens is 620 g/mol. The number of morpholine rings is 1. The number of likely N-dealkylation sites (N-methyl/N-ethyl adjacent to an activating group) is 1. The quantitative estimate of drug-likeness (QED) is 0.342. The summed E-state index contributed by atoms with van der Waals surface area (Å²) in [5.74, 6) is 1.80. The number of hydrogen-bond acceptors (Lipinski definition) is 7. The Balaban J connectivity index is 0.985. The van der Waals surface area contributed by atoms with E-state index in [1.54, 1.807) is 6.92 Å². The van der Waals surface area contributed by atoms with Gasteiger partial charge in [-0.3, -0.25) is 14.5 Å². The first-order chi connectivity index (χ1) is 23.1. The first-order valence-corrected chi connectivity index (χ1v) is 19.9. The summed E-state index contributed by atoms with van der Waals surface area (Å²) in [7, 11) is 1.87. The molecule has 2 saturated heterocycles. The highest BCUT2D eigenvalue weighted by Gasteiger charge is 2.84. The maximum Gasteiger partial charge on any atom is 0.320 e. The van der Waals surface area contributed by atoms with Gasteiger partial charge in [-0.25, -0.2) is 0 Å². The normalized spacial score (nSPS) is 50.4. The van der Waals surface area contributed by atoms with Crippen LogP contribution in [-0.2, 0) is 23.8 Å². The molecule has 14 atom stereocenters. The summed E-state index contributed by atoms with van der Waals surface area (Å²) in [5, 5.41) is 22.1. The molecule has 49 heavy (non-hydrogen) atoms. The molecule has 8 rings (SSSR count). The third-order valence-corrected chi connectivity index (χ3v) is 17.2. The molecule has 6 saturated carbocycles. The average Bonchev–Trinajstić information content (AvgIpc) is 3.97. The van der Waals surface area contributed by atoms with Gasteiger partial charge in [0.2, 0.25) is 5.91 Å². The fourth-order valence-electron chi connectivity index (χ4n) is 14.2. The Bertz CT molecular complexity index is 1340. The molecule has 4 unspecified atom stereocenters. The number of aliphatic hydroxyl groups is 1. The number of aliphatic carboxylic acids is 1. The predicted octanol–water partition coefficient (Wildman–Crippen LogP) is 5.57. The van der Waals surface area contributed by atoms with Crippen LogP contribution in [0.15, 0.2) is 0 Å². The minimum absolute atomic E-state index is 0.00424. The Morgan fingerprint density at radius 3 is 2.45 bits per heavy atom. The van der Waals surface area contributed by atoms with Gasteiger partial charge in [0.15, 0.2) is 6.29 Å². The van der Waals surface area contributed by atoms with E-state index in [2.05, 4.69) is 34.6 Å². The number of carboxylic acid groups (broad SMARTS) is 1. The number of carboxylic acids is 1. The largest absolute Gasteiger partial charge is 0.480 e. The topological polar surface area (TPSA) is 109 Å². The lowest BCUT2D eigenvalue weighted by Gasteiger charge is -2.64. The van der Waals surface area contributed by atoms with Crippen LogP contribution in [0.1, 0.15) is 112 Å². The summed E-state index contributed by atoms with van der Waals surface area (Å²) < 4.78 is 19.9. The molecule has 2 N–H and O–H groups in total. The fraction of sp³-hybridized carbons (Fsp3) is 0.950. The van der Waals surface area contributed by atoms with Gasteiger partial charge in [-0.15, -0.1) is 0 Å². The lowest BCUT2D eigenvalue weighted by Crippen LogP contribution is -2.60. The smallest absolute Gasteiger partial charge is 0.320 e. The van der Waals surface area contributed by atoms with E-state index in [-0.39, 0.29) is 52.2 Å². The van der Waals surface area contributed by atoms with E-state index in [0.29, 0.717) is 67.7 Å². The summed E-state index contributed by atoms with van der Waals surface area (Å²) >= 11 is 0. The van der Waals surface area contributed by atoms with Crippen molar-refractivity contribution in [3.63, 3.8) is 0 Å². The standard InChI is InChI=1S/C40H64N2O7/c1-23-18-26(20-41(7)24(2)35(45)46)48-33-32(23)37(5)14-15-40-22-39(40)13-12-29(36(3,4)27(39)10-11-28(40)38(37,6)34(33)44)49-31-21-42(16-17-47-31)30(43)19-25-8-9-25/h23-29,31-34,44H,8-22H2,1-7H3,(H,45,46)/t23-,24-,26?,27+,28?,29?,31+,32+,33?,34+,37-,38-,39-,40+/m1/s1. The van der Waals surface area contributed by atoms with Gasteiger partial charge in [-0.2, -0.15) is 0 Å². The third kappa shape index (κ3) is 4.93. The molecule has 1 amide bonds. The number of amides is 1. The molecule has 6 aliphatic carbocycles. The van der Waals surface area contributed by atoms with Crippen LogP contribution in [0.4, 0.5) is 0 Å². The molecule has 0 bridgehead atoms. The SMILES string of the molecule is C[C@@H]1CC(CN(C)[C@H](C)C(=O)O)OC2[C@H]1[C@@]1(C)CC[C@@]34C[C@@]35CCC(O[C@H]3CN(C(=O)CC6CC6)CCO3)C(C)(C)[C@@H]5CCC4[C@]1(C)[C@H]2O. The van der Waals surface area contributed by atoms with Gasteiger partial charge in [0.05, 0.1) is 37.6 Å². The summed E-state index contributed by atoms with van der Waals surface area (Å²) in [4.78, 5) is 28.4. The average molecular weight is 685 g/mol. The van der Waals surface area contributed by atoms with Crippen molar-refractivity contribution >= 4 is 11.9 Å². The van der Waals surface area contributed by atoms with Crippen molar-refractivity contribution in [1.29, 1.82) is 0 Å². The van der Waals surface area contributed by atoms with Crippen LogP contribution in [0.25, 0.3) is 0 Å². The van der Waals surface area contributed by atoms with E-state index in [1.807, 2.05) is 16.8 Å². The molecule has 8 aliphatic rings. The van der Waals surface area contributed by atoms with Crippen molar-refractivity contribution in [2.24, 2.45) is 56.7 Å². The second-order valence-corrected chi connectivity index (χ2v) is 19.5. The van der Waals surface area contributed by atoms with Crippen LogP contribution in [0, 0.1) is 56.7 Å². The Labute approximate surface area is 294 Å². The number of carbonyl (C=O) groups excluding carboxylic acids is 1. The van der Waals surface area contributed by atoms with Crippen LogP contribution in [0.2, 0.25) is 0 Å². The summed E-state index contributed by atoms with van der Waals surface area (Å²) in [6, 6.07) is -0.570. The molecule has 0 aromatic carbocycles. The maximum atomic E-state index is 12.9. The van der Waals surface area contributed by atoms with Crippen LogP contribution in [0.5, 0.6) is 0 Å². The lowest BCUT2D eigenvalue weighted by molar-refractivity contribution is -0.248. The molecular formula is C40H64N2O7. The van der Waals surface area contributed by atoms with Gasteiger partial charge < -0.3 is 29.3 Å². The van der Waals surface area contributed by atoms with E-state index in [4.69, 9.17) is 14.2 Å². The number of hydrogen-bond donors (Lipinski definition) is 2. The first kappa shape index (κ1) is 34.8. The van der Waals surface area contributed by atoms with E-state index in [0.717, 1.165) is 25.7 Å².